The number of benzene rings is 1. The number of hydrogen-bond acceptors (Lipinski definition) is 0. The Balaban J connectivity index is 3.10. The molecule has 3 heteroatoms. The number of hydrogen-bond donors (Lipinski definition) is 0. The molecule has 0 bridgehead atoms. The zero-order chi connectivity index (χ0) is 11.4. The van der Waals surface area contributed by atoms with E-state index in [0.29, 0.717) is 16.8 Å². The van der Waals surface area contributed by atoms with Crippen molar-refractivity contribution >= 4 is 22.0 Å². The summed E-state index contributed by atoms with van der Waals surface area (Å²) < 4.78 is 26.2. The SMILES string of the molecule is CC(C)/C(=C/c1cc(F)ccc1F)CBr. The van der Waals surface area contributed by atoms with Crippen LogP contribution in [0.1, 0.15) is 19.4 Å². The molecule has 15 heavy (non-hydrogen) atoms. The predicted molar refractivity (Wildman–Crippen MR) is 63.0 cm³/mol. The minimum absolute atomic E-state index is 0.304. The molecule has 0 spiro atoms. The fourth-order valence-corrected chi connectivity index (χ4v) is 1.99. The molecule has 0 fully saturated rings. The van der Waals surface area contributed by atoms with E-state index in [-0.39, 0.29) is 0 Å². The standard InChI is InChI=1S/C12H13BrF2/c1-8(2)10(7-13)5-9-6-11(14)3-4-12(9)15/h3-6,8H,7H2,1-2H3/b10-5+. The summed E-state index contributed by atoms with van der Waals surface area (Å²) in [6.07, 6.45) is 1.69. The van der Waals surface area contributed by atoms with Crippen LogP contribution in [-0.4, -0.2) is 5.33 Å². The van der Waals surface area contributed by atoms with Gasteiger partial charge in [-0.05, 0) is 24.1 Å². The molecule has 0 radical (unpaired) electrons. The monoisotopic (exact) mass is 274 g/mol. The molecular weight excluding hydrogens is 262 g/mol. The summed E-state index contributed by atoms with van der Waals surface area (Å²) in [5, 5.41) is 0.667. The van der Waals surface area contributed by atoms with Crippen LogP contribution >= 0.6 is 15.9 Å². The van der Waals surface area contributed by atoms with Crippen LogP contribution in [0.4, 0.5) is 8.78 Å². The van der Waals surface area contributed by atoms with Gasteiger partial charge < -0.3 is 0 Å². The first-order valence-electron chi connectivity index (χ1n) is 4.76. The minimum atomic E-state index is -0.416. The van der Waals surface area contributed by atoms with Gasteiger partial charge >= 0.3 is 0 Å². The van der Waals surface area contributed by atoms with E-state index >= 15 is 0 Å². The first kappa shape index (κ1) is 12.4. The predicted octanol–water partition coefficient (Wildman–Crippen LogP) is 4.40. The second kappa shape index (κ2) is 5.40. The molecule has 1 aromatic rings. The topological polar surface area (TPSA) is 0 Å². The molecule has 0 aliphatic heterocycles. The molecule has 0 nitrogen and oxygen atoms in total. The van der Waals surface area contributed by atoms with Crippen LogP contribution in [-0.2, 0) is 0 Å². The smallest absolute Gasteiger partial charge is 0.130 e. The van der Waals surface area contributed by atoms with Gasteiger partial charge in [0.2, 0.25) is 0 Å². The molecule has 1 aromatic carbocycles. The van der Waals surface area contributed by atoms with Gasteiger partial charge in [0.1, 0.15) is 11.6 Å². The third-order valence-electron chi connectivity index (χ3n) is 2.19. The van der Waals surface area contributed by atoms with Gasteiger partial charge in [0, 0.05) is 10.9 Å². The highest BCUT2D eigenvalue weighted by molar-refractivity contribution is 9.09. The fraction of sp³-hybridized carbons (Fsp3) is 0.333. The van der Waals surface area contributed by atoms with Crippen LogP contribution < -0.4 is 0 Å². The number of halogens is 3. The Morgan fingerprint density at radius 2 is 2.07 bits per heavy atom. The number of rotatable bonds is 3. The van der Waals surface area contributed by atoms with Gasteiger partial charge in [-0.25, -0.2) is 8.78 Å². The van der Waals surface area contributed by atoms with E-state index in [4.69, 9.17) is 0 Å². The van der Waals surface area contributed by atoms with Crippen molar-refractivity contribution in [3.05, 3.63) is 41.0 Å². The Kier molecular flexibility index (Phi) is 4.45. The largest absolute Gasteiger partial charge is 0.207 e. The minimum Gasteiger partial charge on any atom is -0.207 e. The lowest BCUT2D eigenvalue weighted by Crippen LogP contribution is -1.96. The molecular formula is C12H13BrF2. The summed E-state index contributed by atoms with van der Waals surface area (Å²) in [4.78, 5) is 0. The van der Waals surface area contributed by atoms with E-state index in [0.717, 1.165) is 17.7 Å². The van der Waals surface area contributed by atoms with Gasteiger partial charge in [-0.3, -0.25) is 0 Å². The molecule has 0 saturated heterocycles. The van der Waals surface area contributed by atoms with E-state index in [1.165, 1.54) is 6.07 Å². The van der Waals surface area contributed by atoms with Gasteiger partial charge in [0.05, 0.1) is 0 Å². The zero-order valence-corrected chi connectivity index (χ0v) is 10.3. The molecule has 0 N–H and O–H groups in total. The Labute approximate surface area is 97.1 Å². The van der Waals surface area contributed by atoms with E-state index in [1.54, 1.807) is 6.08 Å². The van der Waals surface area contributed by atoms with Crippen LogP contribution in [0.15, 0.2) is 23.8 Å². The van der Waals surface area contributed by atoms with E-state index in [2.05, 4.69) is 15.9 Å². The maximum absolute atomic E-state index is 13.3. The summed E-state index contributed by atoms with van der Waals surface area (Å²) in [7, 11) is 0. The van der Waals surface area contributed by atoms with Crippen molar-refractivity contribution in [2.75, 3.05) is 5.33 Å². The van der Waals surface area contributed by atoms with Crippen molar-refractivity contribution < 1.29 is 8.78 Å². The van der Waals surface area contributed by atoms with E-state index in [9.17, 15) is 8.78 Å². The lowest BCUT2D eigenvalue weighted by molar-refractivity contribution is 0.597. The Morgan fingerprint density at radius 3 is 2.60 bits per heavy atom. The zero-order valence-electron chi connectivity index (χ0n) is 8.73. The van der Waals surface area contributed by atoms with Crippen LogP contribution in [0, 0.1) is 17.6 Å². The third kappa shape index (κ3) is 3.42. The lowest BCUT2D eigenvalue weighted by Gasteiger charge is -2.08. The van der Waals surface area contributed by atoms with Gasteiger partial charge in [-0.15, -0.1) is 0 Å². The summed E-state index contributed by atoms with van der Waals surface area (Å²) in [5.41, 5.74) is 1.35. The van der Waals surface area contributed by atoms with Crippen molar-refractivity contribution in [1.82, 2.24) is 0 Å². The van der Waals surface area contributed by atoms with Crippen molar-refractivity contribution in [1.29, 1.82) is 0 Å². The van der Waals surface area contributed by atoms with Gasteiger partial charge in [0.15, 0.2) is 0 Å². The fourth-order valence-electron chi connectivity index (χ4n) is 1.18. The molecule has 0 heterocycles. The Morgan fingerprint density at radius 1 is 1.40 bits per heavy atom. The highest BCUT2D eigenvalue weighted by Crippen LogP contribution is 2.19. The van der Waals surface area contributed by atoms with Gasteiger partial charge in [-0.2, -0.15) is 0 Å². The third-order valence-corrected chi connectivity index (χ3v) is 2.84. The van der Waals surface area contributed by atoms with Crippen LogP contribution in [0.3, 0.4) is 0 Å². The molecule has 0 aromatic heterocycles. The molecule has 0 aliphatic carbocycles. The lowest BCUT2D eigenvalue weighted by atomic mass is 10.0. The van der Waals surface area contributed by atoms with Crippen molar-refractivity contribution in [3.8, 4) is 0 Å². The quantitative estimate of drug-likeness (QED) is 0.717. The Bertz CT molecular complexity index is 370. The van der Waals surface area contributed by atoms with Crippen LogP contribution in [0.5, 0.6) is 0 Å². The Hall–Kier alpha value is -0.700. The summed E-state index contributed by atoms with van der Waals surface area (Å²) in [6.45, 7) is 4.04. The van der Waals surface area contributed by atoms with E-state index < -0.39 is 11.6 Å². The first-order chi connectivity index (χ1) is 7.04. The van der Waals surface area contributed by atoms with Crippen LogP contribution in [0.25, 0.3) is 6.08 Å². The first-order valence-corrected chi connectivity index (χ1v) is 5.88. The maximum atomic E-state index is 13.3. The molecule has 0 unspecified atom stereocenters. The molecule has 1 rings (SSSR count). The summed E-state index contributed by atoms with van der Waals surface area (Å²) in [6, 6.07) is 3.48. The summed E-state index contributed by atoms with van der Waals surface area (Å²) in [5.74, 6) is -0.497. The van der Waals surface area contributed by atoms with Crippen molar-refractivity contribution in [2.24, 2.45) is 5.92 Å². The van der Waals surface area contributed by atoms with Gasteiger partial charge in [0.25, 0.3) is 0 Å². The second-order valence-corrected chi connectivity index (χ2v) is 4.23. The molecule has 0 aliphatic rings. The molecule has 82 valence electrons. The van der Waals surface area contributed by atoms with Crippen LogP contribution in [0.2, 0.25) is 0 Å². The average Bonchev–Trinajstić information content (AvgIpc) is 2.18. The van der Waals surface area contributed by atoms with E-state index in [1.807, 2.05) is 13.8 Å². The van der Waals surface area contributed by atoms with Crippen molar-refractivity contribution in [3.63, 3.8) is 0 Å². The van der Waals surface area contributed by atoms with Gasteiger partial charge in [-0.1, -0.05) is 41.4 Å². The second-order valence-electron chi connectivity index (χ2n) is 3.67. The average molecular weight is 275 g/mol. The summed E-state index contributed by atoms with van der Waals surface area (Å²) >= 11 is 3.33. The normalized spacial score (nSPS) is 12.3. The molecule has 0 amide bonds. The number of allylic oxidation sites excluding steroid dienone is 1. The number of alkyl halides is 1. The van der Waals surface area contributed by atoms with Crippen molar-refractivity contribution in [2.45, 2.75) is 13.8 Å². The highest BCUT2D eigenvalue weighted by Gasteiger charge is 2.05. The maximum Gasteiger partial charge on any atom is 0.130 e. The highest BCUT2D eigenvalue weighted by atomic mass is 79.9. The molecule has 0 atom stereocenters. The molecule has 0 saturated carbocycles.